The van der Waals surface area contributed by atoms with Crippen molar-refractivity contribution >= 4 is 23.4 Å². The number of anilines is 2. The van der Waals surface area contributed by atoms with Gasteiger partial charge < -0.3 is 10.6 Å². The summed E-state index contributed by atoms with van der Waals surface area (Å²) in [5.74, 6) is 1.46. The second-order valence-electron chi connectivity index (χ2n) is 5.86. The molecular formula is C20H21ClN4. The number of benzene rings is 2. The van der Waals surface area contributed by atoms with Gasteiger partial charge in [-0.15, -0.1) is 0 Å². The lowest BCUT2D eigenvalue weighted by Gasteiger charge is -2.10. The van der Waals surface area contributed by atoms with Gasteiger partial charge in [0.1, 0.15) is 5.82 Å². The third-order valence-electron chi connectivity index (χ3n) is 3.76. The Hall–Kier alpha value is -2.59. The number of nitrogens with one attached hydrogen (secondary N) is 2. The van der Waals surface area contributed by atoms with Gasteiger partial charge in [-0.25, -0.2) is 4.98 Å². The van der Waals surface area contributed by atoms with Gasteiger partial charge in [-0.3, -0.25) is 0 Å². The first kappa shape index (κ1) is 17.2. The van der Waals surface area contributed by atoms with Crippen LogP contribution in [-0.4, -0.2) is 16.5 Å². The number of nitrogens with zero attached hydrogens (tertiary/aromatic N) is 2. The number of aromatic nitrogens is 2. The van der Waals surface area contributed by atoms with Crippen LogP contribution >= 0.6 is 11.6 Å². The second kappa shape index (κ2) is 8.49. The van der Waals surface area contributed by atoms with E-state index in [-0.39, 0.29) is 0 Å². The second-order valence-corrected chi connectivity index (χ2v) is 6.30. The van der Waals surface area contributed by atoms with Crippen LogP contribution in [0.25, 0.3) is 0 Å². The van der Waals surface area contributed by atoms with Crippen LogP contribution in [-0.2, 0) is 13.0 Å². The fourth-order valence-corrected chi connectivity index (χ4v) is 2.76. The Balaban J connectivity index is 1.57. The van der Waals surface area contributed by atoms with Crippen molar-refractivity contribution in [1.29, 1.82) is 0 Å². The quantitative estimate of drug-likeness (QED) is 0.646. The van der Waals surface area contributed by atoms with Crippen molar-refractivity contribution in [2.45, 2.75) is 19.9 Å². The largest absolute Gasteiger partial charge is 0.370 e. The highest BCUT2D eigenvalue weighted by Gasteiger charge is 2.03. The smallest absolute Gasteiger partial charge is 0.225 e. The van der Waals surface area contributed by atoms with Gasteiger partial charge in [0.25, 0.3) is 0 Å². The van der Waals surface area contributed by atoms with Gasteiger partial charge >= 0.3 is 0 Å². The van der Waals surface area contributed by atoms with Crippen LogP contribution in [0.3, 0.4) is 0 Å². The van der Waals surface area contributed by atoms with Gasteiger partial charge in [-0.05, 0) is 36.6 Å². The van der Waals surface area contributed by atoms with Crippen molar-refractivity contribution in [1.82, 2.24) is 9.97 Å². The number of hydrogen-bond donors (Lipinski definition) is 2. The van der Waals surface area contributed by atoms with Crippen molar-refractivity contribution in [3.8, 4) is 0 Å². The maximum atomic E-state index is 6.02. The Morgan fingerprint density at radius 3 is 2.48 bits per heavy atom. The lowest BCUT2D eigenvalue weighted by Crippen LogP contribution is -2.10. The lowest BCUT2D eigenvalue weighted by molar-refractivity contribution is 0.982. The molecule has 1 heterocycles. The van der Waals surface area contributed by atoms with Gasteiger partial charge in [0.05, 0.1) is 0 Å². The number of rotatable bonds is 7. The molecule has 0 spiro atoms. The summed E-state index contributed by atoms with van der Waals surface area (Å²) < 4.78 is 0. The minimum atomic E-state index is 0.633. The molecule has 0 aliphatic carbocycles. The first-order valence-corrected chi connectivity index (χ1v) is 8.68. The molecular weight excluding hydrogens is 332 g/mol. The first-order valence-electron chi connectivity index (χ1n) is 8.31. The third kappa shape index (κ3) is 5.47. The normalized spacial score (nSPS) is 10.5. The summed E-state index contributed by atoms with van der Waals surface area (Å²) in [7, 11) is 0. The van der Waals surface area contributed by atoms with Crippen LogP contribution in [0.5, 0.6) is 0 Å². The van der Waals surface area contributed by atoms with Crippen LogP contribution in [0.15, 0.2) is 60.7 Å². The van der Waals surface area contributed by atoms with E-state index in [0.29, 0.717) is 12.5 Å². The van der Waals surface area contributed by atoms with Crippen LogP contribution in [0, 0.1) is 6.92 Å². The number of hydrogen-bond acceptors (Lipinski definition) is 4. The molecule has 0 saturated heterocycles. The first-order chi connectivity index (χ1) is 12.2. The fourth-order valence-electron chi connectivity index (χ4n) is 2.54. The summed E-state index contributed by atoms with van der Waals surface area (Å²) >= 11 is 6.02. The summed E-state index contributed by atoms with van der Waals surface area (Å²) in [6.45, 7) is 3.46. The Kier molecular flexibility index (Phi) is 5.86. The van der Waals surface area contributed by atoms with Crippen LogP contribution in [0.2, 0.25) is 5.02 Å². The van der Waals surface area contributed by atoms with E-state index in [0.717, 1.165) is 29.5 Å². The fraction of sp³-hybridized carbons (Fsp3) is 0.200. The van der Waals surface area contributed by atoms with Crippen molar-refractivity contribution < 1.29 is 0 Å². The standard InChI is InChI=1S/C20H21ClN4/c1-15-12-19(22-11-10-16-8-5-9-18(21)13-16)25-20(24-15)23-14-17-6-3-2-4-7-17/h2-9,12-13H,10-11,14H2,1H3,(H2,22,23,24,25). The molecule has 0 fully saturated rings. The molecule has 0 bridgehead atoms. The molecule has 3 aromatic rings. The predicted octanol–water partition coefficient (Wildman–Crippen LogP) is 4.71. The highest BCUT2D eigenvalue weighted by Crippen LogP contribution is 2.13. The van der Waals surface area contributed by atoms with E-state index in [1.54, 1.807) is 0 Å². The topological polar surface area (TPSA) is 49.8 Å². The molecule has 0 aliphatic rings. The summed E-state index contributed by atoms with van der Waals surface area (Å²) in [5, 5.41) is 7.40. The highest BCUT2D eigenvalue weighted by molar-refractivity contribution is 6.30. The maximum Gasteiger partial charge on any atom is 0.225 e. The molecule has 0 amide bonds. The van der Waals surface area contributed by atoms with Crippen LogP contribution in [0.4, 0.5) is 11.8 Å². The lowest BCUT2D eigenvalue weighted by atomic mass is 10.1. The SMILES string of the molecule is Cc1cc(NCCc2cccc(Cl)c2)nc(NCc2ccccc2)n1. The third-order valence-corrected chi connectivity index (χ3v) is 3.99. The zero-order chi connectivity index (χ0) is 17.5. The minimum Gasteiger partial charge on any atom is -0.370 e. The van der Waals surface area contributed by atoms with E-state index in [1.165, 1.54) is 11.1 Å². The predicted molar refractivity (Wildman–Crippen MR) is 104 cm³/mol. The average Bonchev–Trinajstić information content (AvgIpc) is 2.61. The van der Waals surface area contributed by atoms with E-state index in [1.807, 2.05) is 49.4 Å². The van der Waals surface area contributed by atoms with Crippen LogP contribution in [0.1, 0.15) is 16.8 Å². The Morgan fingerprint density at radius 2 is 1.68 bits per heavy atom. The molecule has 4 nitrogen and oxygen atoms in total. The van der Waals surface area contributed by atoms with E-state index in [4.69, 9.17) is 11.6 Å². The zero-order valence-corrected chi connectivity index (χ0v) is 14.9. The van der Waals surface area contributed by atoms with Crippen LogP contribution < -0.4 is 10.6 Å². The van der Waals surface area contributed by atoms with E-state index in [2.05, 4.69) is 38.8 Å². The molecule has 0 saturated carbocycles. The van der Waals surface area contributed by atoms with Crippen molar-refractivity contribution in [3.05, 3.63) is 82.5 Å². The Labute approximate surface area is 153 Å². The summed E-state index contributed by atoms with van der Waals surface area (Å²) in [4.78, 5) is 8.99. The van der Waals surface area contributed by atoms with Gasteiger partial charge in [0.2, 0.25) is 5.95 Å². The molecule has 2 N–H and O–H groups in total. The zero-order valence-electron chi connectivity index (χ0n) is 14.2. The highest BCUT2D eigenvalue weighted by atomic mass is 35.5. The van der Waals surface area contributed by atoms with E-state index >= 15 is 0 Å². The molecule has 3 rings (SSSR count). The molecule has 128 valence electrons. The summed E-state index contributed by atoms with van der Waals surface area (Å²) in [6, 6.07) is 20.1. The molecule has 1 aromatic heterocycles. The molecule has 0 aliphatic heterocycles. The number of halogens is 1. The summed E-state index contributed by atoms with van der Waals surface area (Å²) in [5.41, 5.74) is 3.33. The molecule has 5 heteroatoms. The molecule has 0 atom stereocenters. The van der Waals surface area contributed by atoms with Gasteiger partial charge in [0.15, 0.2) is 0 Å². The summed E-state index contributed by atoms with van der Waals surface area (Å²) in [6.07, 6.45) is 0.885. The van der Waals surface area contributed by atoms with E-state index in [9.17, 15) is 0 Å². The monoisotopic (exact) mass is 352 g/mol. The Bertz CT molecular complexity index is 821. The van der Waals surface area contributed by atoms with Crippen molar-refractivity contribution in [3.63, 3.8) is 0 Å². The molecule has 2 aromatic carbocycles. The molecule has 25 heavy (non-hydrogen) atoms. The van der Waals surface area contributed by atoms with Gasteiger partial charge in [-0.2, -0.15) is 4.98 Å². The maximum absolute atomic E-state index is 6.02. The van der Waals surface area contributed by atoms with E-state index < -0.39 is 0 Å². The van der Waals surface area contributed by atoms with Crippen molar-refractivity contribution in [2.75, 3.05) is 17.2 Å². The van der Waals surface area contributed by atoms with Gasteiger partial charge in [-0.1, -0.05) is 54.1 Å². The molecule has 0 unspecified atom stereocenters. The van der Waals surface area contributed by atoms with Gasteiger partial charge in [0, 0.05) is 29.9 Å². The van der Waals surface area contributed by atoms with Crippen molar-refractivity contribution in [2.24, 2.45) is 0 Å². The Morgan fingerprint density at radius 1 is 0.880 bits per heavy atom. The number of aryl methyl sites for hydroxylation is 1. The minimum absolute atomic E-state index is 0.633. The average molecular weight is 353 g/mol. The molecule has 0 radical (unpaired) electrons.